The first-order chi connectivity index (χ1) is 8.20. The van der Waals surface area contributed by atoms with E-state index in [2.05, 4.69) is 20.8 Å². The Morgan fingerprint density at radius 1 is 1.39 bits per heavy atom. The molecule has 1 aliphatic rings. The van der Waals surface area contributed by atoms with Crippen LogP contribution in [0.3, 0.4) is 0 Å². The van der Waals surface area contributed by atoms with Crippen molar-refractivity contribution in [2.45, 2.75) is 65.1 Å². The van der Waals surface area contributed by atoms with Crippen LogP contribution in [-0.4, -0.2) is 24.2 Å². The molecule has 0 saturated heterocycles. The van der Waals surface area contributed by atoms with Gasteiger partial charge < -0.3 is 16.2 Å². The van der Waals surface area contributed by atoms with Gasteiger partial charge in [0.05, 0.1) is 5.60 Å². The van der Waals surface area contributed by atoms with E-state index in [4.69, 9.17) is 16.2 Å². The molecule has 1 amide bonds. The summed E-state index contributed by atoms with van der Waals surface area (Å²) in [4.78, 5) is 11.1. The smallest absolute Gasteiger partial charge is 0.246 e. The summed E-state index contributed by atoms with van der Waals surface area (Å²) < 4.78 is 5.85. The van der Waals surface area contributed by atoms with Gasteiger partial charge in [0.1, 0.15) is 6.10 Å². The van der Waals surface area contributed by atoms with Crippen LogP contribution in [0.25, 0.3) is 0 Å². The summed E-state index contributed by atoms with van der Waals surface area (Å²) in [6, 6.07) is 0. The summed E-state index contributed by atoms with van der Waals surface area (Å²) in [6.07, 6.45) is 3.49. The largest absolute Gasteiger partial charge is 0.367 e. The topological polar surface area (TPSA) is 78.3 Å². The van der Waals surface area contributed by atoms with Crippen LogP contribution in [0.4, 0.5) is 0 Å². The SMILES string of the molecule is CC(OC1(CN)CCC(C(C)(C)C)CC1)C(N)=O. The van der Waals surface area contributed by atoms with Crippen molar-refractivity contribution >= 4 is 5.91 Å². The third-order valence-electron chi connectivity index (χ3n) is 4.32. The van der Waals surface area contributed by atoms with Gasteiger partial charge in [-0.2, -0.15) is 0 Å². The molecule has 0 aromatic rings. The van der Waals surface area contributed by atoms with E-state index in [9.17, 15) is 4.79 Å². The Balaban J connectivity index is 2.63. The van der Waals surface area contributed by atoms with Gasteiger partial charge in [0.15, 0.2) is 0 Å². The fraction of sp³-hybridized carbons (Fsp3) is 0.929. The second-order valence-corrected chi connectivity index (χ2v) is 6.69. The number of nitrogens with two attached hydrogens (primary N) is 2. The van der Waals surface area contributed by atoms with Crippen LogP contribution < -0.4 is 11.5 Å². The van der Waals surface area contributed by atoms with Crippen molar-refractivity contribution in [2.75, 3.05) is 6.54 Å². The zero-order valence-corrected chi connectivity index (χ0v) is 12.2. The first-order valence-corrected chi connectivity index (χ1v) is 6.87. The maximum absolute atomic E-state index is 11.1. The zero-order valence-electron chi connectivity index (χ0n) is 12.2. The lowest BCUT2D eigenvalue weighted by Crippen LogP contribution is -2.49. The Morgan fingerprint density at radius 2 is 1.89 bits per heavy atom. The highest BCUT2D eigenvalue weighted by molar-refractivity contribution is 5.78. The number of carbonyl (C=O) groups excluding carboxylic acids is 1. The number of hydrogen-bond acceptors (Lipinski definition) is 3. The van der Waals surface area contributed by atoms with Gasteiger partial charge in [0.2, 0.25) is 5.91 Å². The summed E-state index contributed by atoms with van der Waals surface area (Å²) in [5.74, 6) is 0.283. The quantitative estimate of drug-likeness (QED) is 0.805. The normalized spacial score (nSPS) is 31.1. The second-order valence-electron chi connectivity index (χ2n) is 6.69. The average molecular weight is 256 g/mol. The molecule has 0 aromatic carbocycles. The van der Waals surface area contributed by atoms with Gasteiger partial charge in [-0.3, -0.25) is 4.79 Å². The molecular formula is C14H28N2O2. The van der Waals surface area contributed by atoms with Crippen LogP contribution in [0.1, 0.15) is 53.4 Å². The third kappa shape index (κ3) is 3.69. The van der Waals surface area contributed by atoms with Crippen molar-refractivity contribution in [2.24, 2.45) is 22.8 Å². The predicted molar refractivity (Wildman–Crippen MR) is 72.9 cm³/mol. The highest BCUT2D eigenvalue weighted by atomic mass is 16.5. The standard InChI is InChI=1S/C14H28N2O2/c1-10(12(16)17)18-14(9-15)7-5-11(6-8-14)13(2,3)4/h10-11H,5-9,15H2,1-4H3,(H2,16,17). The van der Waals surface area contributed by atoms with Crippen molar-refractivity contribution < 1.29 is 9.53 Å². The van der Waals surface area contributed by atoms with Crippen LogP contribution in [-0.2, 0) is 9.53 Å². The first-order valence-electron chi connectivity index (χ1n) is 6.87. The molecular weight excluding hydrogens is 228 g/mol. The van der Waals surface area contributed by atoms with E-state index in [0.717, 1.165) is 25.7 Å². The van der Waals surface area contributed by atoms with E-state index >= 15 is 0 Å². The van der Waals surface area contributed by atoms with E-state index in [1.807, 2.05) is 0 Å². The molecule has 0 aromatic heterocycles. The van der Waals surface area contributed by atoms with Gasteiger partial charge in [-0.05, 0) is 43.9 Å². The number of amides is 1. The molecule has 0 aliphatic heterocycles. The molecule has 1 fully saturated rings. The lowest BCUT2D eigenvalue weighted by Gasteiger charge is -2.44. The fourth-order valence-electron chi connectivity index (χ4n) is 2.81. The molecule has 4 nitrogen and oxygen atoms in total. The van der Waals surface area contributed by atoms with E-state index in [1.165, 1.54) is 0 Å². The van der Waals surface area contributed by atoms with Crippen molar-refractivity contribution in [1.82, 2.24) is 0 Å². The summed E-state index contributed by atoms with van der Waals surface area (Å²) in [7, 11) is 0. The fourth-order valence-corrected chi connectivity index (χ4v) is 2.81. The Kier molecular flexibility index (Phi) is 4.78. The molecule has 0 bridgehead atoms. The molecule has 1 unspecified atom stereocenters. The number of rotatable bonds is 4. The summed E-state index contributed by atoms with van der Waals surface area (Å²) >= 11 is 0. The third-order valence-corrected chi connectivity index (χ3v) is 4.32. The van der Waals surface area contributed by atoms with E-state index < -0.39 is 12.0 Å². The van der Waals surface area contributed by atoms with E-state index in [-0.39, 0.29) is 5.60 Å². The lowest BCUT2D eigenvalue weighted by atomic mass is 9.68. The molecule has 4 N–H and O–H groups in total. The summed E-state index contributed by atoms with van der Waals surface area (Å²) in [5, 5.41) is 0. The predicted octanol–water partition coefficient (Wildman–Crippen LogP) is 1.81. The molecule has 18 heavy (non-hydrogen) atoms. The van der Waals surface area contributed by atoms with Crippen molar-refractivity contribution in [3.63, 3.8) is 0 Å². The number of carbonyl (C=O) groups is 1. The second kappa shape index (κ2) is 5.57. The molecule has 1 aliphatic carbocycles. The highest BCUT2D eigenvalue weighted by Crippen LogP contribution is 2.42. The van der Waals surface area contributed by atoms with Gasteiger partial charge in [-0.15, -0.1) is 0 Å². The highest BCUT2D eigenvalue weighted by Gasteiger charge is 2.40. The van der Waals surface area contributed by atoms with Gasteiger partial charge in [-0.1, -0.05) is 20.8 Å². The van der Waals surface area contributed by atoms with Crippen LogP contribution in [0, 0.1) is 11.3 Å². The zero-order chi connectivity index (χ0) is 14.0. The molecule has 1 saturated carbocycles. The van der Waals surface area contributed by atoms with Gasteiger partial charge >= 0.3 is 0 Å². The Labute approximate surface area is 110 Å². The monoisotopic (exact) mass is 256 g/mol. The molecule has 0 radical (unpaired) electrons. The van der Waals surface area contributed by atoms with Gasteiger partial charge in [-0.25, -0.2) is 0 Å². The van der Waals surface area contributed by atoms with Crippen LogP contribution >= 0.6 is 0 Å². The average Bonchev–Trinajstić information content (AvgIpc) is 2.28. The number of hydrogen-bond donors (Lipinski definition) is 2. The Bertz CT molecular complexity index is 289. The van der Waals surface area contributed by atoms with Crippen molar-refractivity contribution in [3.8, 4) is 0 Å². The Hall–Kier alpha value is -0.610. The first kappa shape index (κ1) is 15.4. The molecule has 0 spiro atoms. The number of primary amides is 1. The maximum Gasteiger partial charge on any atom is 0.246 e. The van der Waals surface area contributed by atoms with E-state index in [0.29, 0.717) is 17.9 Å². The van der Waals surface area contributed by atoms with Crippen molar-refractivity contribution in [1.29, 1.82) is 0 Å². The van der Waals surface area contributed by atoms with Gasteiger partial charge in [0, 0.05) is 6.54 Å². The molecule has 106 valence electrons. The number of ether oxygens (including phenoxy) is 1. The summed E-state index contributed by atoms with van der Waals surface area (Å²) in [5.41, 5.74) is 11.1. The van der Waals surface area contributed by atoms with Gasteiger partial charge in [0.25, 0.3) is 0 Å². The molecule has 1 rings (SSSR count). The van der Waals surface area contributed by atoms with Crippen molar-refractivity contribution in [3.05, 3.63) is 0 Å². The van der Waals surface area contributed by atoms with Crippen LogP contribution in [0.5, 0.6) is 0 Å². The van der Waals surface area contributed by atoms with E-state index in [1.54, 1.807) is 6.92 Å². The minimum atomic E-state index is -0.556. The summed E-state index contributed by atoms with van der Waals surface area (Å²) in [6.45, 7) is 9.00. The lowest BCUT2D eigenvalue weighted by molar-refractivity contribution is -0.148. The minimum Gasteiger partial charge on any atom is -0.367 e. The maximum atomic E-state index is 11.1. The molecule has 1 atom stereocenters. The minimum absolute atomic E-state index is 0.329. The van der Waals surface area contributed by atoms with Crippen LogP contribution in [0.15, 0.2) is 0 Å². The molecule has 4 heteroatoms. The Morgan fingerprint density at radius 3 is 2.22 bits per heavy atom. The van der Waals surface area contributed by atoms with Crippen LogP contribution in [0.2, 0.25) is 0 Å². The molecule has 0 heterocycles.